The quantitative estimate of drug-likeness (QED) is 0.391. The average Bonchev–Trinajstić information content (AvgIpc) is 2.68. The summed E-state index contributed by atoms with van der Waals surface area (Å²) in [5, 5.41) is 21.6. The van der Waals surface area contributed by atoms with Gasteiger partial charge in [-0.1, -0.05) is 6.07 Å². The van der Waals surface area contributed by atoms with Crippen LogP contribution in [0.25, 0.3) is 10.9 Å². The molecule has 1 aromatic carbocycles. The molecule has 0 unspecified atom stereocenters. The summed E-state index contributed by atoms with van der Waals surface area (Å²) < 4.78 is 5.59. The van der Waals surface area contributed by atoms with E-state index < -0.39 is 6.09 Å². The first kappa shape index (κ1) is 23.5. The number of nitrogens with one attached hydrogen (secondary N) is 1. The van der Waals surface area contributed by atoms with Crippen LogP contribution < -0.4 is 10.1 Å². The SMILES string of the molecule is N#CCC(=O)c1c(OCCCNC(=O)O)ccc2cccnc12.[Li][CH2]CCC. The minimum absolute atomic E-state index is 0.242. The van der Waals surface area contributed by atoms with Crippen LogP contribution in [-0.2, 0) is 0 Å². The van der Waals surface area contributed by atoms with Gasteiger partial charge >= 0.3 is 48.7 Å². The second-order valence-electron chi connectivity index (χ2n) is 6.06. The zero-order chi connectivity index (χ0) is 20.8. The summed E-state index contributed by atoms with van der Waals surface area (Å²) in [5.41, 5.74) is 0.782. The van der Waals surface area contributed by atoms with Crippen molar-refractivity contribution in [2.24, 2.45) is 0 Å². The van der Waals surface area contributed by atoms with Gasteiger partial charge in [0.1, 0.15) is 5.75 Å². The monoisotopic (exact) mass is 377 g/mol. The van der Waals surface area contributed by atoms with Crippen LogP contribution in [0.1, 0.15) is 43.0 Å². The van der Waals surface area contributed by atoms with Crippen molar-refractivity contribution in [3.63, 3.8) is 0 Å². The fraction of sp³-hybridized carbons (Fsp3) is 0.400. The number of ether oxygens (including phenoxy) is 1. The van der Waals surface area contributed by atoms with Crippen LogP contribution in [0.3, 0.4) is 0 Å². The fourth-order valence-electron chi connectivity index (χ4n) is 2.48. The molecule has 1 heterocycles. The van der Waals surface area contributed by atoms with Gasteiger partial charge < -0.3 is 15.2 Å². The number of pyridine rings is 1. The maximum atomic E-state index is 12.2. The third kappa shape index (κ3) is 8.00. The van der Waals surface area contributed by atoms with Gasteiger partial charge in [-0.2, -0.15) is 5.26 Å². The third-order valence-corrected chi connectivity index (χ3v) is 3.82. The molecule has 0 radical (unpaired) electrons. The number of nitrogens with zero attached hydrogens (tertiary/aromatic N) is 2. The molecule has 2 N–H and O–H groups in total. The summed E-state index contributed by atoms with van der Waals surface area (Å²) in [6, 6.07) is 8.88. The summed E-state index contributed by atoms with van der Waals surface area (Å²) in [5.74, 6) is 0.00207. The Kier molecular flexibility index (Phi) is 11.4. The second kappa shape index (κ2) is 13.6. The van der Waals surface area contributed by atoms with Gasteiger partial charge in [0.25, 0.3) is 0 Å². The molecule has 8 heteroatoms. The molecular formula is C20H24LiN3O4. The van der Waals surface area contributed by atoms with E-state index in [2.05, 4.69) is 34.9 Å². The van der Waals surface area contributed by atoms with E-state index in [4.69, 9.17) is 15.1 Å². The zero-order valence-electron chi connectivity index (χ0n) is 16.4. The Morgan fingerprint density at radius 1 is 1.32 bits per heavy atom. The van der Waals surface area contributed by atoms with Crippen molar-refractivity contribution < 1.29 is 19.4 Å². The molecular weight excluding hydrogens is 353 g/mol. The molecule has 0 spiro atoms. The van der Waals surface area contributed by atoms with Gasteiger partial charge in [0.05, 0.1) is 30.2 Å². The molecule has 0 bridgehead atoms. The Labute approximate surface area is 174 Å². The molecule has 0 aliphatic rings. The number of nitriles is 1. The summed E-state index contributed by atoms with van der Waals surface area (Å²) in [6.45, 7) is 2.71. The number of carbonyl (C=O) groups excluding carboxylic acids is 1. The third-order valence-electron chi connectivity index (χ3n) is 3.82. The van der Waals surface area contributed by atoms with Crippen LogP contribution in [-0.4, -0.2) is 52.8 Å². The number of hydrogen-bond donors (Lipinski definition) is 2. The van der Waals surface area contributed by atoms with Crippen molar-refractivity contribution in [2.45, 2.75) is 37.7 Å². The van der Waals surface area contributed by atoms with Crippen molar-refractivity contribution in [1.29, 1.82) is 5.26 Å². The van der Waals surface area contributed by atoms with Crippen LogP contribution in [0.15, 0.2) is 30.5 Å². The molecule has 144 valence electrons. The van der Waals surface area contributed by atoms with Gasteiger partial charge in [-0.3, -0.25) is 9.78 Å². The van der Waals surface area contributed by atoms with E-state index in [9.17, 15) is 9.59 Å². The summed E-state index contributed by atoms with van der Waals surface area (Å²) in [7, 11) is 0. The normalized spacial score (nSPS) is 9.79. The molecule has 0 fully saturated rings. The molecule has 1 aromatic heterocycles. The first-order valence-electron chi connectivity index (χ1n) is 9.42. The van der Waals surface area contributed by atoms with E-state index in [1.54, 1.807) is 24.4 Å². The molecule has 0 saturated heterocycles. The van der Waals surface area contributed by atoms with Gasteiger partial charge in [-0.05, 0) is 24.6 Å². The van der Waals surface area contributed by atoms with Crippen LogP contribution >= 0.6 is 0 Å². The molecule has 0 aliphatic heterocycles. The molecule has 28 heavy (non-hydrogen) atoms. The number of unbranched alkanes of at least 4 members (excludes halogenated alkanes) is 1. The van der Waals surface area contributed by atoms with Crippen LogP contribution in [0, 0.1) is 11.3 Å². The molecule has 0 atom stereocenters. The van der Waals surface area contributed by atoms with Gasteiger partial charge in [0.2, 0.25) is 0 Å². The van der Waals surface area contributed by atoms with Gasteiger partial charge in [0, 0.05) is 18.1 Å². The number of carbonyl (C=O) groups is 2. The summed E-state index contributed by atoms with van der Waals surface area (Å²) in [6.07, 6.45) is 3.41. The number of ketones is 1. The molecule has 0 aliphatic carbocycles. The topological polar surface area (TPSA) is 112 Å². The first-order chi connectivity index (χ1) is 13.5. The number of benzene rings is 1. The number of aromatic nitrogens is 1. The molecule has 0 saturated carbocycles. The van der Waals surface area contributed by atoms with Crippen LogP contribution in [0.4, 0.5) is 4.79 Å². The van der Waals surface area contributed by atoms with Crippen molar-refractivity contribution >= 4 is 40.5 Å². The Bertz CT molecular complexity index is 819. The summed E-state index contributed by atoms with van der Waals surface area (Å²) in [4.78, 5) is 26.8. The maximum absolute atomic E-state index is 12.2. The van der Waals surface area contributed by atoms with Crippen LogP contribution in [0.5, 0.6) is 5.75 Å². The number of carboxylic acid groups (broad SMARTS) is 1. The van der Waals surface area contributed by atoms with Crippen molar-refractivity contribution in [1.82, 2.24) is 10.3 Å². The minimum atomic E-state index is -1.09. The van der Waals surface area contributed by atoms with Crippen molar-refractivity contribution in [3.05, 3.63) is 36.0 Å². The first-order valence-corrected chi connectivity index (χ1v) is 9.42. The molecule has 2 aromatic rings. The van der Waals surface area contributed by atoms with Crippen LogP contribution in [0.2, 0.25) is 5.09 Å². The van der Waals surface area contributed by atoms with E-state index in [1.165, 1.54) is 17.9 Å². The number of fused-ring (bicyclic) bond motifs is 1. The molecule has 7 nitrogen and oxygen atoms in total. The summed E-state index contributed by atoms with van der Waals surface area (Å²) >= 11 is 2.21. The average molecular weight is 377 g/mol. The zero-order valence-corrected chi connectivity index (χ0v) is 16.4. The van der Waals surface area contributed by atoms with E-state index in [1.807, 2.05) is 12.1 Å². The Hall–Kier alpha value is -2.54. The van der Waals surface area contributed by atoms with Gasteiger partial charge in [-0.15, -0.1) is 0 Å². The Morgan fingerprint density at radius 2 is 2.11 bits per heavy atom. The second-order valence-corrected chi connectivity index (χ2v) is 6.06. The number of Topliss-reactive ketones (excluding diaryl/α,β-unsaturated/α-hetero) is 1. The molecule has 2 rings (SSSR count). The molecule has 1 amide bonds. The Balaban J connectivity index is 0.000000696. The van der Waals surface area contributed by atoms with Gasteiger partial charge in [0.15, 0.2) is 5.78 Å². The van der Waals surface area contributed by atoms with E-state index in [0.717, 1.165) is 5.39 Å². The van der Waals surface area contributed by atoms with E-state index in [0.29, 0.717) is 17.7 Å². The van der Waals surface area contributed by atoms with E-state index >= 15 is 0 Å². The van der Waals surface area contributed by atoms with Crippen molar-refractivity contribution in [3.8, 4) is 11.8 Å². The fourth-order valence-corrected chi connectivity index (χ4v) is 2.48. The van der Waals surface area contributed by atoms with Gasteiger partial charge in [-0.25, -0.2) is 4.79 Å². The number of rotatable bonds is 9. The standard InChI is InChI=1S/C16H15N3O4.C4H9.Li/c17-7-6-12(20)14-13(23-10-2-9-19-16(21)22)5-4-11-3-1-8-18-15(11)14;1-3-4-2;/h1,3-5,8,19H,2,6,9-10H2,(H,21,22);1,3-4H2,2H3;. The Morgan fingerprint density at radius 3 is 2.71 bits per heavy atom. The number of amides is 1. The predicted octanol–water partition coefficient (Wildman–Crippen LogP) is 3.74. The predicted molar refractivity (Wildman–Crippen MR) is 108 cm³/mol. The van der Waals surface area contributed by atoms with E-state index in [-0.39, 0.29) is 30.9 Å². The number of hydrogen-bond acceptors (Lipinski definition) is 5. The van der Waals surface area contributed by atoms with Crippen molar-refractivity contribution in [2.75, 3.05) is 13.2 Å².